The Labute approximate surface area is 209 Å². The van der Waals surface area contributed by atoms with Gasteiger partial charge in [0.05, 0.1) is 24.8 Å². The average Bonchev–Trinajstić information content (AvgIpc) is 2.79. The van der Waals surface area contributed by atoms with Gasteiger partial charge in [0.25, 0.3) is 0 Å². The molecule has 0 bridgehead atoms. The minimum absolute atomic E-state index is 0.247. The lowest BCUT2D eigenvalue weighted by atomic mass is 10.2. The second-order valence-corrected chi connectivity index (χ2v) is 7.80. The van der Waals surface area contributed by atoms with Crippen molar-refractivity contribution in [1.29, 1.82) is 0 Å². The van der Waals surface area contributed by atoms with E-state index in [0.29, 0.717) is 24.5 Å². The Kier molecular flexibility index (Phi) is 14.2. The summed E-state index contributed by atoms with van der Waals surface area (Å²) in [5.74, 6) is -0.618. The summed E-state index contributed by atoms with van der Waals surface area (Å²) in [5, 5.41) is 7.90. The smallest absolute Gasteiger partial charge is 0.494 e. The van der Waals surface area contributed by atoms with E-state index >= 15 is 0 Å². The zero-order valence-electron chi connectivity index (χ0n) is 20.4. The highest BCUT2D eigenvalue weighted by Crippen LogP contribution is 2.36. The van der Waals surface area contributed by atoms with Crippen molar-refractivity contribution in [2.45, 2.75) is 64.8 Å². The van der Waals surface area contributed by atoms with Crippen LogP contribution in [-0.2, 0) is 14.3 Å². The van der Waals surface area contributed by atoms with Crippen LogP contribution in [0, 0.1) is 0 Å². The number of carboxylic acid groups (broad SMARTS) is 1. The molecule has 0 aliphatic carbocycles. The van der Waals surface area contributed by atoms with E-state index < -0.39 is 35.5 Å². The number of esters is 1. The maximum absolute atomic E-state index is 12.5. The van der Waals surface area contributed by atoms with Gasteiger partial charge in [-0.15, -0.1) is 5.12 Å². The van der Waals surface area contributed by atoms with Crippen molar-refractivity contribution in [2.75, 3.05) is 13.2 Å². The molecule has 0 heterocycles. The molecule has 0 aliphatic rings. The Morgan fingerprint density at radius 3 is 1.92 bits per heavy atom. The first kappa shape index (κ1) is 33.5. The number of rotatable bonds is 12. The van der Waals surface area contributed by atoms with Gasteiger partial charge in [-0.25, -0.2) is 14.4 Å². The lowest BCUT2D eigenvalue weighted by Crippen LogP contribution is -2.44. The molecule has 210 valence electrons. The number of unbranched alkanes of at least 4 members (excludes halogenated alkanes) is 3. The molecule has 1 aromatic carbocycles. The maximum atomic E-state index is 12.5. The molecule has 1 rings (SSSR count). The number of halogens is 6. The largest absolute Gasteiger partial charge is 0.502 e. The van der Waals surface area contributed by atoms with Gasteiger partial charge in [-0.3, -0.25) is 0 Å². The standard InChI is InChI=1S/C17H22O5.C6H7F6NO2/c1-13(2)17(20)22-12-6-4-3-5-11-21-15-9-7-14(8-10-15)16(18)19;1-3(2)13(12)4(14)15-6(10,11)5(7,8)9/h7-10H,1,3-6,11-12H2,2H3,(H,18,19);3H,1-2H3. The molecule has 14 heteroatoms. The number of carbonyl (C=O) groups excluding carboxylic acids is 2. The monoisotopic (exact) mass is 545 g/mol. The number of carboxylic acids is 1. The fraction of sp³-hybridized carbons (Fsp3) is 0.522. The van der Waals surface area contributed by atoms with Gasteiger partial charge in [-0.05, 0) is 70.7 Å². The van der Waals surface area contributed by atoms with Crippen LogP contribution in [0.2, 0.25) is 0 Å². The number of alkyl halides is 5. The van der Waals surface area contributed by atoms with Gasteiger partial charge in [0, 0.05) is 5.57 Å². The van der Waals surface area contributed by atoms with Crippen LogP contribution in [0.4, 0.5) is 31.2 Å². The van der Waals surface area contributed by atoms with Crippen LogP contribution in [0.3, 0.4) is 0 Å². The Morgan fingerprint density at radius 2 is 1.49 bits per heavy atom. The lowest BCUT2D eigenvalue weighted by Gasteiger charge is -2.22. The number of benzene rings is 1. The number of nitrogens with zero attached hydrogens (tertiary/aromatic N) is 1. The third kappa shape index (κ3) is 13.4. The Hall–Kier alpha value is -3.45. The fourth-order valence-corrected chi connectivity index (χ4v) is 2.15. The van der Waals surface area contributed by atoms with Gasteiger partial charge >= 0.3 is 30.3 Å². The predicted molar refractivity (Wildman–Crippen MR) is 119 cm³/mol. The SMILES string of the molecule is C=C(C)C(=O)OCCCCCCOc1ccc(C(=O)O)cc1.CC(C)N(F)C(=O)OC(F)(F)C(F)(F)F. The highest BCUT2D eigenvalue weighted by atomic mass is 19.4. The van der Waals surface area contributed by atoms with E-state index in [4.69, 9.17) is 14.6 Å². The van der Waals surface area contributed by atoms with E-state index in [1.807, 2.05) is 0 Å². The van der Waals surface area contributed by atoms with Gasteiger partial charge in [0.1, 0.15) is 5.75 Å². The summed E-state index contributed by atoms with van der Waals surface area (Å²) in [5.41, 5.74) is 0.666. The highest BCUT2D eigenvalue weighted by Gasteiger charge is 2.62. The zero-order chi connectivity index (χ0) is 28.8. The first-order chi connectivity index (χ1) is 17.0. The van der Waals surface area contributed by atoms with Crippen LogP contribution in [0.25, 0.3) is 0 Å². The topological polar surface area (TPSA) is 102 Å². The summed E-state index contributed by atoms with van der Waals surface area (Å²) >= 11 is 0. The van der Waals surface area contributed by atoms with Crippen LogP contribution in [-0.4, -0.2) is 59.8 Å². The molecule has 0 fully saturated rings. The molecule has 1 N–H and O–H groups in total. The average molecular weight is 545 g/mol. The number of aromatic carboxylic acids is 1. The predicted octanol–water partition coefficient (Wildman–Crippen LogP) is 6.32. The minimum Gasteiger partial charge on any atom is -0.494 e. The zero-order valence-corrected chi connectivity index (χ0v) is 20.4. The summed E-state index contributed by atoms with van der Waals surface area (Å²) in [6, 6.07) is 5.14. The number of ether oxygens (including phenoxy) is 3. The molecular weight excluding hydrogens is 516 g/mol. The number of hydrogen-bond donors (Lipinski definition) is 1. The molecule has 0 saturated carbocycles. The molecule has 37 heavy (non-hydrogen) atoms. The van der Waals surface area contributed by atoms with Crippen LogP contribution in [0.15, 0.2) is 36.4 Å². The third-order valence-corrected chi connectivity index (χ3v) is 4.16. The van der Waals surface area contributed by atoms with Gasteiger partial charge in [-0.1, -0.05) is 11.1 Å². The molecular formula is C23H29F6NO7. The highest BCUT2D eigenvalue weighted by molar-refractivity contribution is 5.87. The fourth-order valence-electron chi connectivity index (χ4n) is 2.15. The summed E-state index contributed by atoms with van der Waals surface area (Å²) in [6.07, 6.45) is -10.5. The quantitative estimate of drug-likeness (QED) is 0.108. The van der Waals surface area contributed by atoms with Crippen LogP contribution < -0.4 is 4.74 Å². The van der Waals surface area contributed by atoms with E-state index in [2.05, 4.69) is 11.3 Å². The van der Waals surface area contributed by atoms with Crippen molar-refractivity contribution < 1.29 is 60.1 Å². The molecule has 0 unspecified atom stereocenters. The van der Waals surface area contributed by atoms with Crippen LogP contribution in [0.5, 0.6) is 5.75 Å². The number of hydrogen-bond acceptors (Lipinski definition) is 6. The summed E-state index contributed by atoms with van der Waals surface area (Å²) in [4.78, 5) is 32.2. The van der Waals surface area contributed by atoms with Crippen molar-refractivity contribution in [1.82, 2.24) is 5.12 Å². The van der Waals surface area contributed by atoms with Gasteiger partial charge < -0.3 is 19.3 Å². The summed E-state index contributed by atoms with van der Waals surface area (Å²) in [6.45, 7) is 8.27. The van der Waals surface area contributed by atoms with Crippen molar-refractivity contribution in [3.05, 3.63) is 42.0 Å². The molecule has 8 nitrogen and oxygen atoms in total. The first-order valence-corrected chi connectivity index (χ1v) is 10.9. The molecule has 0 spiro atoms. The molecule has 0 aromatic heterocycles. The van der Waals surface area contributed by atoms with Crippen molar-refractivity contribution in [3.63, 3.8) is 0 Å². The van der Waals surface area contributed by atoms with Gasteiger partial charge in [-0.2, -0.15) is 22.0 Å². The Morgan fingerprint density at radius 1 is 0.973 bits per heavy atom. The normalized spacial score (nSPS) is 11.2. The number of amides is 1. The third-order valence-electron chi connectivity index (χ3n) is 4.16. The lowest BCUT2D eigenvalue weighted by molar-refractivity contribution is -0.374. The van der Waals surface area contributed by atoms with E-state index in [9.17, 15) is 40.8 Å². The Balaban J connectivity index is 0.000000757. The molecule has 0 radical (unpaired) electrons. The molecule has 1 amide bonds. The van der Waals surface area contributed by atoms with Gasteiger partial charge in [0.2, 0.25) is 0 Å². The molecule has 0 aliphatic heterocycles. The van der Waals surface area contributed by atoms with E-state index in [1.165, 1.54) is 12.1 Å². The molecule has 1 aromatic rings. The van der Waals surface area contributed by atoms with E-state index in [-0.39, 0.29) is 11.5 Å². The van der Waals surface area contributed by atoms with E-state index in [1.54, 1.807) is 19.1 Å². The van der Waals surface area contributed by atoms with Crippen molar-refractivity contribution in [3.8, 4) is 5.75 Å². The van der Waals surface area contributed by atoms with Crippen molar-refractivity contribution >= 4 is 18.0 Å². The van der Waals surface area contributed by atoms with Crippen LogP contribution >= 0.6 is 0 Å². The second-order valence-electron chi connectivity index (χ2n) is 7.80. The maximum Gasteiger partial charge on any atom is 0.502 e. The Bertz CT molecular complexity index is 889. The summed E-state index contributed by atoms with van der Waals surface area (Å²) < 4.78 is 84.3. The summed E-state index contributed by atoms with van der Waals surface area (Å²) in [7, 11) is 0. The minimum atomic E-state index is -6.07. The number of carbonyl (C=O) groups is 3. The van der Waals surface area contributed by atoms with E-state index in [0.717, 1.165) is 39.5 Å². The van der Waals surface area contributed by atoms with Crippen molar-refractivity contribution in [2.24, 2.45) is 0 Å². The first-order valence-electron chi connectivity index (χ1n) is 10.9. The molecule has 0 atom stereocenters. The molecule has 0 saturated heterocycles. The second kappa shape index (κ2) is 15.6. The van der Waals surface area contributed by atoms with Crippen LogP contribution in [0.1, 0.15) is 56.8 Å². The van der Waals surface area contributed by atoms with Gasteiger partial charge in [0.15, 0.2) is 0 Å².